The molecule has 0 spiro atoms. The van der Waals surface area contributed by atoms with E-state index in [1.54, 1.807) is 12.1 Å². The summed E-state index contributed by atoms with van der Waals surface area (Å²) < 4.78 is 33.3. The number of carbonyl (C=O) groups is 1. The summed E-state index contributed by atoms with van der Waals surface area (Å²) >= 11 is 0. The highest BCUT2D eigenvalue weighted by Gasteiger charge is 2.22. The van der Waals surface area contributed by atoms with Gasteiger partial charge >= 0.3 is 5.97 Å². The van der Waals surface area contributed by atoms with Gasteiger partial charge in [-0.3, -0.25) is 20.3 Å². The molecule has 0 heterocycles. The zero-order valence-corrected chi connectivity index (χ0v) is 17.9. The van der Waals surface area contributed by atoms with Crippen LogP contribution in [0.25, 0.3) is 0 Å². The Bertz CT molecular complexity index is 1310. The zero-order chi connectivity index (χ0) is 24.0. The summed E-state index contributed by atoms with van der Waals surface area (Å²) in [5, 5.41) is 24.1. The number of methoxy groups -OCH3 is 1. The quantitative estimate of drug-likeness (QED) is 0.243. The third kappa shape index (κ3) is 5.83. The second kappa shape index (κ2) is 9.78. The Morgan fingerprint density at radius 3 is 2.33 bits per heavy atom. The lowest BCUT2D eigenvalue weighted by atomic mass is 10.1. The molecule has 0 aliphatic rings. The fraction of sp³-hybridized carbons (Fsp3) is 0.0476. The minimum Gasteiger partial charge on any atom is -0.497 e. The number of aromatic carboxylic acids is 1. The molecular formula is C21H18N4O7S. The van der Waals surface area contributed by atoms with Crippen LogP contribution < -0.4 is 14.9 Å². The molecule has 0 aliphatic carbocycles. The van der Waals surface area contributed by atoms with Crippen molar-refractivity contribution in [2.75, 3.05) is 17.3 Å². The van der Waals surface area contributed by atoms with Crippen LogP contribution in [0.3, 0.4) is 0 Å². The molecule has 0 radical (unpaired) electrons. The summed E-state index contributed by atoms with van der Waals surface area (Å²) in [6.07, 6.45) is 1.35. The average molecular weight is 470 g/mol. The highest BCUT2D eigenvalue weighted by Crippen LogP contribution is 2.28. The topological polar surface area (TPSA) is 160 Å². The van der Waals surface area contributed by atoms with Crippen molar-refractivity contribution in [2.24, 2.45) is 5.10 Å². The predicted molar refractivity (Wildman–Crippen MR) is 122 cm³/mol. The molecule has 0 amide bonds. The van der Waals surface area contributed by atoms with Gasteiger partial charge in [0.15, 0.2) is 0 Å². The van der Waals surface area contributed by atoms with Crippen molar-refractivity contribution >= 4 is 39.3 Å². The third-order valence-electron chi connectivity index (χ3n) is 4.36. The zero-order valence-electron chi connectivity index (χ0n) is 17.1. The number of hydrazone groups is 1. The van der Waals surface area contributed by atoms with E-state index in [0.29, 0.717) is 11.3 Å². The Hall–Kier alpha value is -4.45. The Morgan fingerprint density at radius 1 is 1.09 bits per heavy atom. The van der Waals surface area contributed by atoms with Crippen molar-refractivity contribution in [1.29, 1.82) is 0 Å². The number of hydrogen-bond acceptors (Lipinski definition) is 8. The lowest BCUT2D eigenvalue weighted by Crippen LogP contribution is -2.15. The van der Waals surface area contributed by atoms with Crippen molar-refractivity contribution in [1.82, 2.24) is 0 Å². The van der Waals surface area contributed by atoms with E-state index >= 15 is 0 Å². The van der Waals surface area contributed by atoms with Gasteiger partial charge in [0, 0.05) is 17.8 Å². The van der Waals surface area contributed by atoms with E-state index in [0.717, 1.165) is 12.1 Å². The van der Waals surface area contributed by atoms with Gasteiger partial charge in [0.25, 0.3) is 15.7 Å². The monoisotopic (exact) mass is 470 g/mol. The fourth-order valence-corrected chi connectivity index (χ4v) is 3.93. The first-order valence-corrected chi connectivity index (χ1v) is 10.8. The molecule has 0 fully saturated rings. The van der Waals surface area contributed by atoms with E-state index in [4.69, 9.17) is 9.84 Å². The number of sulfonamides is 1. The number of nitrogens with one attached hydrogen (secondary N) is 2. The number of nitrogens with zero attached hydrogens (tertiary/aromatic N) is 2. The number of anilines is 2. The molecule has 0 unspecified atom stereocenters. The first kappa shape index (κ1) is 23.2. The maximum atomic E-state index is 13.0. The van der Waals surface area contributed by atoms with Crippen LogP contribution in [0.15, 0.2) is 76.7 Å². The van der Waals surface area contributed by atoms with Crippen LogP contribution in [0.1, 0.15) is 15.9 Å². The molecule has 0 aromatic heterocycles. The smallest absolute Gasteiger partial charge is 0.335 e. The number of nitro benzene ring substituents is 1. The van der Waals surface area contributed by atoms with Crippen LogP contribution in [-0.2, 0) is 10.0 Å². The molecule has 3 aromatic rings. The summed E-state index contributed by atoms with van der Waals surface area (Å²) in [6, 6.07) is 15.2. The SMILES string of the molecule is COc1ccc(NS(=O)(=O)c2cc([N+](=O)[O-])ccc2N/N=C\c2ccc(C(=O)O)cc2)cc1. The minimum atomic E-state index is -4.23. The maximum absolute atomic E-state index is 13.0. The predicted octanol–water partition coefficient (Wildman–Crippen LogP) is 3.55. The molecule has 0 saturated carbocycles. The highest BCUT2D eigenvalue weighted by atomic mass is 32.2. The van der Waals surface area contributed by atoms with Crippen LogP contribution in [-0.4, -0.2) is 37.7 Å². The Labute approximate surface area is 188 Å². The highest BCUT2D eigenvalue weighted by molar-refractivity contribution is 7.92. The number of benzene rings is 3. The molecule has 12 heteroatoms. The second-order valence-corrected chi connectivity index (χ2v) is 8.22. The summed E-state index contributed by atoms with van der Waals surface area (Å²) in [5.41, 5.74) is 3.04. The Morgan fingerprint density at radius 2 is 1.76 bits per heavy atom. The van der Waals surface area contributed by atoms with Gasteiger partial charge in [0.1, 0.15) is 10.6 Å². The van der Waals surface area contributed by atoms with Gasteiger partial charge in [-0.25, -0.2) is 13.2 Å². The van der Waals surface area contributed by atoms with Crippen LogP contribution in [0.5, 0.6) is 5.75 Å². The van der Waals surface area contributed by atoms with E-state index in [9.17, 15) is 23.3 Å². The van der Waals surface area contributed by atoms with E-state index in [2.05, 4.69) is 15.2 Å². The normalized spacial score (nSPS) is 11.2. The number of carboxylic acids is 1. The van der Waals surface area contributed by atoms with Gasteiger partial charge in [-0.05, 0) is 48.0 Å². The van der Waals surface area contributed by atoms with E-state index < -0.39 is 26.6 Å². The number of nitro groups is 1. The second-order valence-electron chi connectivity index (χ2n) is 6.57. The van der Waals surface area contributed by atoms with Crippen LogP contribution in [0, 0.1) is 10.1 Å². The van der Waals surface area contributed by atoms with Crippen LogP contribution in [0.2, 0.25) is 0 Å². The molecule has 3 aromatic carbocycles. The van der Waals surface area contributed by atoms with E-state index in [1.165, 1.54) is 55.8 Å². The van der Waals surface area contributed by atoms with Gasteiger partial charge in [-0.2, -0.15) is 5.10 Å². The van der Waals surface area contributed by atoms with Gasteiger partial charge in [-0.15, -0.1) is 0 Å². The molecule has 11 nitrogen and oxygen atoms in total. The van der Waals surface area contributed by atoms with E-state index in [1.807, 2.05) is 0 Å². The summed E-state index contributed by atoms with van der Waals surface area (Å²) in [4.78, 5) is 21.0. The van der Waals surface area contributed by atoms with Crippen molar-refractivity contribution in [2.45, 2.75) is 4.90 Å². The number of carboxylic acid groups (broad SMARTS) is 1. The van der Waals surface area contributed by atoms with Gasteiger partial charge in [-0.1, -0.05) is 12.1 Å². The molecule has 3 N–H and O–H groups in total. The molecule has 0 atom stereocenters. The van der Waals surface area contributed by atoms with Gasteiger partial charge < -0.3 is 9.84 Å². The third-order valence-corrected chi connectivity index (χ3v) is 5.79. The van der Waals surface area contributed by atoms with Crippen molar-refractivity contribution < 1.29 is 28.0 Å². The minimum absolute atomic E-state index is 0.0000165. The van der Waals surface area contributed by atoms with Crippen molar-refractivity contribution in [3.63, 3.8) is 0 Å². The largest absolute Gasteiger partial charge is 0.497 e. The molecule has 3 rings (SSSR count). The van der Waals surface area contributed by atoms with Crippen LogP contribution >= 0.6 is 0 Å². The number of non-ortho nitro benzene ring substituents is 1. The fourth-order valence-electron chi connectivity index (χ4n) is 2.70. The summed E-state index contributed by atoms with van der Waals surface area (Å²) in [6.45, 7) is 0. The maximum Gasteiger partial charge on any atom is 0.335 e. The molecule has 0 aliphatic heterocycles. The standard InChI is InChI=1S/C21H18N4O7S/c1-32-18-9-6-16(7-10-18)24-33(30,31)20-12-17(25(28)29)8-11-19(20)23-22-13-14-2-4-15(5-3-14)21(26)27/h2-13,23-24H,1H3,(H,26,27)/b22-13-. The average Bonchev–Trinajstić information content (AvgIpc) is 2.79. The molecule has 0 saturated heterocycles. The number of hydrogen-bond donors (Lipinski definition) is 3. The number of rotatable bonds is 9. The van der Waals surface area contributed by atoms with E-state index in [-0.39, 0.29) is 21.8 Å². The Kier molecular flexibility index (Phi) is 6.88. The summed E-state index contributed by atoms with van der Waals surface area (Å²) in [7, 11) is -2.75. The molecule has 33 heavy (non-hydrogen) atoms. The molecule has 0 bridgehead atoms. The van der Waals surface area contributed by atoms with Crippen LogP contribution in [0.4, 0.5) is 17.1 Å². The van der Waals surface area contributed by atoms with Crippen molar-refractivity contribution in [3.05, 3.63) is 88.0 Å². The van der Waals surface area contributed by atoms with Crippen molar-refractivity contribution in [3.8, 4) is 5.75 Å². The van der Waals surface area contributed by atoms with Gasteiger partial charge in [0.05, 0.1) is 29.5 Å². The molecule has 170 valence electrons. The lowest BCUT2D eigenvalue weighted by Gasteiger charge is -2.12. The number of ether oxygens (including phenoxy) is 1. The first-order valence-electron chi connectivity index (χ1n) is 9.27. The summed E-state index contributed by atoms with van der Waals surface area (Å²) in [5.74, 6) is -0.539. The Balaban J connectivity index is 1.88. The van der Waals surface area contributed by atoms with Gasteiger partial charge in [0.2, 0.25) is 0 Å². The first-order chi connectivity index (χ1) is 15.7. The lowest BCUT2D eigenvalue weighted by molar-refractivity contribution is -0.385. The molecular weight excluding hydrogens is 452 g/mol.